The van der Waals surface area contributed by atoms with Crippen molar-refractivity contribution in [3.05, 3.63) is 0 Å². The van der Waals surface area contributed by atoms with Gasteiger partial charge in [-0.2, -0.15) is 20.4 Å². The van der Waals surface area contributed by atoms with E-state index in [1.165, 1.54) is 0 Å². The van der Waals surface area contributed by atoms with Crippen molar-refractivity contribution in [2.75, 3.05) is 6.54 Å². The van der Waals surface area contributed by atoms with E-state index in [0.717, 1.165) is 0 Å². The summed E-state index contributed by atoms with van der Waals surface area (Å²) in [6.45, 7) is 8.63. The van der Waals surface area contributed by atoms with Gasteiger partial charge >= 0.3 is 0 Å². The van der Waals surface area contributed by atoms with Crippen molar-refractivity contribution in [3.8, 4) is 0 Å². The SMILES string of the molecule is C=N/N=C(\CC)C(N)/C(CN)=N/N=C. The van der Waals surface area contributed by atoms with Crippen molar-refractivity contribution in [1.82, 2.24) is 0 Å². The van der Waals surface area contributed by atoms with Crippen LogP contribution >= 0.6 is 0 Å². The molecule has 0 aromatic rings. The standard InChI is InChI=1S/C8H16N6/c1-4-6(13-11-2)8(10)7(5-9)14-12-3/h8H,2-5,9-10H2,1H3/b13-6+,14-7+. The van der Waals surface area contributed by atoms with E-state index in [9.17, 15) is 0 Å². The van der Waals surface area contributed by atoms with Gasteiger partial charge in [0.1, 0.15) is 0 Å². The molecule has 0 aliphatic heterocycles. The highest BCUT2D eigenvalue weighted by Gasteiger charge is 2.15. The first kappa shape index (κ1) is 12.6. The third-order valence-electron chi connectivity index (χ3n) is 1.69. The maximum Gasteiger partial charge on any atom is 0.0871 e. The number of nitrogens with zero attached hydrogens (tertiary/aromatic N) is 4. The molecule has 0 rings (SSSR count). The Morgan fingerprint density at radius 1 is 1.21 bits per heavy atom. The summed E-state index contributed by atoms with van der Waals surface area (Å²) in [4.78, 5) is 0. The Balaban J connectivity index is 4.78. The summed E-state index contributed by atoms with van der Waals surface area (Å²) < 4.78 is 0. The molecule has 0 saturated heterocycles. The largest absolute Gasteiger partial charge is 0.325 e. The molecule has 0 bridgehead atoms. The van der Waals surface area contributed by atoms with Crippen LogP contribution in [0.3, 0.4) is 0 Å². The van der Waals surface area contributed by atoms with Gasteiger partial charge in [-0.25, -0.2) is 0 Å². The molecule has 0 amide bonds. The summed E-state index contributed by atoms with van der Waals surface area (Å²) >= 11 is 0. The number of rotatable bonds is 6. The number of hydrogen-bond donors (Lipinski definition) is 2. The van der Waals surface area contributed by atoms with E-state index in [2.05, 4.69) is 33.8 Å². The monoisotopic (exact) mass is 196 g/mol. The fourth-order valence-electron chi connectivity index (χ4n) is 0.957. The fourth-order valence-corrected chi connectivity index (χ4v) is 0.957. The first-order chi connectivity index (χ1) is 6.71. The molecule has 6 nitrogen and oxygen atoms in total. The molecule has 0 fully saturated rings. The molecule has 14 heavy (non-hydrogen) atoms. The van der Waals surface area contributed by atoms with Crippen molar-refractivity contribution in [2.24, 2.45) is 31.9 Å². The highest BCUT2D eigenvalue weighted by atomic mass is 15.2. The van der Waals surface area contributed by atoms with Gasteiger partial charge in [-0.05, 0) is 6.42 Å². The Hall–Kier alpha value is -1.40. The van der Waals surface area contributed by atoms with Crippen LogP contribution in [0.15, 0.2) is 20.4 Å². The predicted octanol–water partition coefficient (Wildman–Crippen LogP) is -0.204. The van der Waals surface area contributed by atoms with Crippen LogP contribution in [-0.4, -0.2) is 37.4 Å². The quantitative estimate of drug-likeness (QED) is 0.453. The third kappa shape index (κ3) is 3.55. The number of hydrogen-bond acceptors (Lipinski definition) is 6. The number of nitrogens with two attached hydrogens (primary N) is 2. The van der Waals surface area contributed by atoms with Crippen LogP contribution in [0.4, 0.5) is 0 Å². The van der Waals surface area contributed by atoms with E-state index in [1.807, 2.05) is 6.92 Å². The van der Waals surface area contributed by atoms with Crippen molar-refractivity contribution in [1.29, 1.82) is 0 Å². The average molecular weight is 196 g/mol. The summed E-state index contributed by atoms with van der Waals surface area (Å²) in [5.41, 5.74) is 12.5. The van der Waals surface area contributed by atoms with Gasteiger partial charge in [0.15, 0.2) is 0 Å². The van der Waals surface area contributed by atoms with E-state index in [1.54, 1.807) is 0 Å². The molecule has 0 aliphatic carbocycles. The summed E-state index contributed by atoms with van der Waals surface area (Å²) in [6, 6.07) is -0.457. The van der Waals surface area contributed by atoms with Crippen LogP contribution in [-0.2, 0) is 0 Å². The summed E-state index contributed by atoms with van der Waals surface area (Å²) in [7, 11) is 0. The summed E-state index contributed by atoms with van der Waals surface area (Å²) in [5, 5.41) is 14.3. The van der Waals surface area contributed by atoms with E-state index >= 15 is 0 Å². The van der Waals surface area contributed by atoms with Crippen molar-refractivity contribution in [3.63, 3.8) is 0 Å². The highest BCUT2D eigenvalue weighted by molar-refractivity contribution is 6.11. The van der Waals surface area contributed by atoms with Crippen LogP contribution in [0, 0.1) is 0 Å². The van der Waals surface area contributed by atoms with Crippen molar-refractivity contribution >= 4 is 24.9 Å². The van der Waals surface area contributed by atoms with Gasteiger partial charge in [-0.3, -0.25) is 0 Å². The maximum atomic E-state index is 5.84. The maximum absolute atomic E-state index is 5.84. The Morgan fingerprint density at radius 2 is 1.71 bits per heavy atom. The second-order valence-electron chi connectivity index (χ2n) is 2.50. The third-order valence-corrected chi connectivity index (χ3v) is 1.69. The van der Waals surface area contributed by atoms with Crippen LogP contribution in [0.5, 0.6) is 0 Å². The molecular weight excluding hydrogens is 180 g/mol. The lowest BCUT2D eigenvalue weighted by Crippen LogP contribution is -2.42. The minimum Gasteiger partial charge on any atom is -0.325 e. The molecule has 0 radical (unpaired) electrons. The zero-order valence-corrected chi connectivity index (χ0v) is 8.35. The van der Waals surface area contributed by atoms with Crippen LogP contribution in [0.1, 0.15) is 13.3 Å². The fraction of sp³-hybridized carbons (Fsp3) is 0.500. The molecule has 0 heterocycles. The van der Waals surface area contributed by atoms with Gasteiger partial charge in [0, 0.05) is 20.0 Å². The van der Waals surface area contributed by atoms with E-state index in [-0.39, 0.29) is 6.54 Å². The van der Waals surface area contributed by atoms with Crippen LogP contribution < -0.4 is 11.5 Å². The first-order valence-electron chi connectivity index (χ1n) is 4.21. The molecule has 0 aliphatic rings. The van der Waals surface area contributed by atoms with Gasteiger partial charge in [0.2, 0.25) is 0 Å². The van der Waals surface area contributed by atoms with Crippen molar-refractivity contribution in [2.45, 2.75) is 19.4 Å². The Morgan fingerprint density at radius 3 is 2.07 bits per heavy atom. The second-order valence-corrected chi connectivity index (χ2v) is 2.50. The molecule has 0 saturated carbocycles. The molecule has 78 valence electrons. The lowest BCUT2D eigenvalue weighted by Gasteiger charge is -2.12. The highest BCUT2D eigenvalue weighted by Crippen LogP contribution is 1.96. The molecule has 0 spiro atoms. The smallest absolute Gasteiger partial charge is 0.0871 e. The van der Waals surface area contributed by atoms with Gasteiger partial charge in [0.05, 0.1) is 17.5 Å². The van der Waals surface area contributed by atoms with E-state index in [0.29, 0.717) is 17.8 Å². The van der Waals surface area contributed by atoms with E-state index in [4.69, 9.17) is 11.5 Å². The first-order valence-corrected chi connectivity index (χ1v) is 4.21. The lowest BCUT2D eigenvalue weighted by molar-refractivity contribution is 1.00. The summed E-state index contributed by atoms with van der Waals surface area (Å²) in [6.07, 6.45) is 0.663. The Bertz CT molecular complexity index is 229. The van der Waals surface area contributed by atoms with Crippen LogP contribution in [0.2, 0.25) is 0 Å². The topological polar surface area (TPSA) is 101 Å². The van der Waals surface area contributed by atoms with Gasteiger partial charge in [0.25, 0.3) is 0 Å². The zero-order chi connectivity index (χ0) is 11.0. The minimum atomic E-state index is -0.457. The molecular formula is C8H16N6. The van der Waals surface area contributed by atoms with Gasteiger partial charge < -0.3 is 11.5 Å². The average Bonchev–Trinajstić information content (AvgIpc) is 2.21. The minimum absolute atomic E-state index is 0.219. The second kappa shape index (κ2) is 7.05. The van der Waals surface area contributed by atoms with Gasteiger partial charge in [-0.1, -0.05) is 6.92 Å². The van der Waals surface area contributed by atoms with Gasteiger partial charge in [-0.15, -0.1) is 0 Å². The molecule has 0 aromatic heterocycles. The summed E-state index contributed by atoms with van der Waals surface area (Å²) in [5.74, 6) is 0. The Labute approximate surface area is 83.5 Å². The Kier molecular flexibility index (Phi) is 6.34. The zero-order valence-electron chi connectivity index (χ0n) is 8.35. The van der Waals surface area contributed by atoms with Crippen LogP contribution in [0.25, 0.3) is 0 Å². The molecule has 4 N–H and O–H groups in total. The predicted molar refractivity (Wildman–Crippen MR) is 61.3 cm³/mol. The van der Waals surface area contributed by atoms with E-state index < -0.39 is 6.04 Å². The molecule has 1 unspecified atom stereocenters. The molecule has 6 heteroatoms. The lowest BCUT2D eigenvalue weighted by atomic mass is 10.1. The van der Waals surface area contributed by atoms with Crippen molar-refractivity contribution < 1.29 is 0 Å². The molecule has 0 aromatic carbocycles. The molecule has 1 atom stereocenters. The normalized spacial score (nSPS) is 15.1.